The Bertz CT molecular complexity index is 617. The summed E-state index contributed by atoms with van der Waals surface area (Å²) < 4.78 is 0. The van der Waals surface area contributed by atoms with E-state index in [4.69, 9.17) is 16.7 Å². The van der Waals surface area contributed by atoms with Crippen LogP contribution < -0.4 is 5.32 Å². The molecule has 0 spiro atoms. The first-order valence-electron chi connectivity index (χ1n) is 7.37. The Morgan fingerprint density at radius 2 is 2.24 bits per heavy atom. The van der Waals surface area contributed by atoms with Gasteiger partial charge in [0.1, 0.15) is 6.61 Å². The molecule has 2 bridgehead atoms. The third-order valence-corrected chi connectivity index (χ3v) is 4.85. The number of rotatable bonds is 2. The second-order valence-electron chi connectivity index (χ2n) is 5.92. The highest BCUT2D eigenvalue weighted by Crippen LogP contribution is 2.48. The number of amides is 1. The summed E-state index contributed by atoms with van der Waals surface area (Å²) in [5.41, 5.74) is 1.32. The van der Waals surface area contributed by atoms with Gasteiger partial charge in [0.05, 0.1) is 5.69 Å². The maximum Gasteiger partial charge on any atom is 0.227 e. The quantitative estimate of drug-likeness (QED) is 0.825. The third kappa shape index (κ3) is 3.07. The van der Waals surface area contributed by atoms with Gasteiger partial charge in [-0.25, -0.2) is 0 Å². The van der Waals surface area contributed by atoms with Crippen LogP contribution in [0.3, 0.4) is 0 Å². The Kier molecular flexibility index (Phi) is 4.19. The number of nitrogens with one attached hydrogen (secondary N) is 1. The molecule has 1 aromatic rings. The molecule has 4 heteroatoms. The van der Waals surface area contributed by atoms with Gasteiger partial charge in [0.25, 0.3) is 0 Å². The molecule has 0 heterocycles. The molecule has 0 aromatic heterocycles. The van der Waals surface area contributed by atoms with Crippen molar-refractivity contribution in [1.29, 1.82) is 0 Å². The van der Waals surface area contributed by atoms with Crippen molar-refractivity contribution in [2.75, 3.05) is 11.9 Å². The highest BCUT2D eigenvalue weighted by Gasteiger charge is 2.43. The Balaban J connectivity index is 1.77. The van der Waals surface area contributed by atoms with Gasteiger partial charge in [0, 0.05) is 16.5 Å². The highest BCUT2D eigenvalue weighted by molar-refractivity contribution is 6.31. The van der Waals surface area contributed by atoms with Crippen molar-refractivity contribution in [2.24, 2.45) is 17.8 Å². The van der Waals surface area contributed by atoms with Crippen molar-refractivity contribution in [3.05, 3.63) is 28.8 Å². The van der Waals surface area contributed by atoms with Crippen molar-refractivity contribution in [1.82, 2.24) is 0 Å². The van der Waals surface area contributed by atoms with E-state index in [-0.39, 0.29) is 18.4 Å². The predicted molar refractivity (Wildman–Crippen MR) is 83.0 cm³/mol. The van der Waals surface area contributed by atoms with Gasteiger partial charge in [-0.2, -0.15) is 0 Å². The Morgan fingerprint density at radius 3 is 2.90 bits per heavy atom. The number of carbonyl (C=O) groups is 1. The molecule has 21 heavy (non-hydrogen) atoms. The molecule has 2 saturated carbocycles. The molecule has 2 N–H and O–H groups in total. The van der Waals surface area contributed by atoms with Crippen LogP contribution >= 0.6 is 11.6 Å². The largest absolute Gasteiger partial charge is 0.384 e. The van der Waals surface area contributed by atoms with E-state index in [0.717, 1.165) is 12.3 Å². The lowest BCUT2D eigenvalue weighted by molar-refractivity contribution is -0.121. The lowest BCUT2D eigenvalue weighted by atomic mass is 9.88. The molecule has 3 unspecified atom stereocenters. The maximum atomic E-state index is 12.5. The summed E-state index contributed by atoms with van der Waals surface area (Å²) in [4.78, 5) is 12.5. The minimum absolute atomic E-state index is 0.0801. The normalized spacial score (nSPS) is 26.3. The predicted octanol–water partition coefficient (Wildman–Crippen LogP) is 3.06. The fraction of sp³-hybridized carbons (Fsp3) is 0.471. The number of benzene rings is 1. The molecule has 2 aliphatic rings. The van der Waals surface area contributed by atoms with Crippen molar-refractivity contribution in [3.8, 4) is 11.8 Å². The van der Waals surface area contributed by atoms with E-state index >= 15 is 0 Å². The minimum Gasteiger partial charge on any atom is -0.384 e. The summed E-state index contributed by atoms with van der Waals surface area (Å²) in [6.45, 7) is -0.206. The first kappa shape index (κ1) is 14.4. The van der Waals surface area contributed by atoms with E-state index in [0.29, 0.717) is 22.2 Å². The molecular weight excluding hydrogens is 286 g/mol. The van der Waals surface area contributed by atoms with Gasteiger partial charge in [-0.1, -0.05) is 29.9 Å². The van der Waals surface area contributed by atoms with E-state index in [1.165, 1.54) is 19.3 Å². The number of hydrogen-bond donors (Lipinski definition) is 2. The number of aliphatic hydroxyl groups is 1. The second-order valence-corrected chi connectivity index (χ2v) is 6.36. The molecule has 0 saturated heterocycles. The number of hydrogen-bond acceptors (Lipinski definition) is 2. The Morgan fingerprint density at radius 1 is 1.38 bits per heavy atom. The average molecular weight is 304 g/mol. The summed E-state index contributed by atoms with van der Waals surface area (Å²) in [6, 6.07) is 5.21. The number of fused-ring (bicyclic) bond motifs is 2. The van der Waals surface area contributed by atoms with Crippen LogP contribution in [0.1, 0.15) is 31.2 Å². The summed E-state index contributed by atoms with van der Waals surface area (Å²) in [7, 11) is 0. The van der Waals surface area contributed by atoms with Crippen LogP contribution in [0.15, 0.2) is 18.2 Å². The van der Waals surface area contributed by atoms with Crippen molar-refractivity contribution >= 4 is 23.2 Å². The van der Waals surface area contributed by atoms with E-state index in [1.807, 2.05) is 0 Å². The molecule has 110 valence electrons. The van der Waals surface area contributed by atoms with E-state index in [1.54, 1.807) is 18.2 Å². The van der Waals surface area contributed by atoms with Gasteiger partial charge in [0.2, 0.25) is 5.91 Å². The highest BCUT2D eigenvalue weighted by atomic mass is 35.5. The maximum absolute atomic E-state index is 12.5. The first-order valence-corrected chi connectivity index (χ1v) is 7.75. The number of anilines is 1. The monoisotopic (exact) mass is 303 g/mol. The van der Waals surface area contributed by atoms with Crippen molar-refractivity contribution in [2.45, 2.75) is 25.7 Å². The molecule has 1 amide bonds. The van der Waals surface area contributed by atoms with Crippen LogP contribution in [0, 0.1) is 29.6 Å². The van der Waals surface area contributed by atoms with E-state index in [2.05, 4.69) is 17.2 Å². The van der Waals surface area contributed by atoms with Gasteiger partial charge >= 0.3 is 0 Å². The van der Waals surface area contributed by atoms with E-state index in [9.17, 15) is 4.79 Å². The van der Waals surface area contributed by atoms with Crippen LogP contribution in [-0.2, 0) is 4.79 Å². The number of aliphatic hydroxyl groups excluding tert-OH is 1. The van der Waals surface area contributed by atoms with Gasteiger partial charge in [-0.05, 0) is 49.3 Å². The first-order chi connectivity index (χ1) is 10.2. The zero-order valence-corrected chi connectivity index (χ0v) is 12.5. The molecule has 1 aromatic carbocycles. The Labute approximate surface area is 129 Å². The standard InChI is InChI=1S/C17H18ClNO2/c18-14-6-5-12(2-1-7-20)16(10-14)19-17(21)15-9-11-3-4-13(15)8-11/h5-6,10-11,13,15,20H,3-4,7-9H2,(H,19,21). The SMILES string of the molecule is O=C(Nc1cc(Cl)ccc1C#CCO)C1CC2CCC1C2. The van der Waals surface area contributed by atoms with E-state index < -0.39 is 0 Å². The molecule has 0 radical (unpaired) electrons. The molecule has 0 aliphatic heterocycles. The summed E-state index contributed by atoms with van der Waals surface area (Å²) in [5.74, 6) is 6.94. The second kappa shape index (κ2) is 6.09. The fourth-order valence-corrected chi connectivity index (χ4v) is 3.83. The molecule has 2 fully saturated rings. The van der Waals surface area contributed by atoms with Crippen LogP contribution in [0.2, 0.25) is 5.02 Å². The minimum atomic E-state index is -0.206. The third-order valence-electron chi connectivity index (χ3n) is 4.62. The van der Waals surface area contributed by atoms with Gasteiger partial charge in [-0.15, -0.1) is 0 Å². The smallest absolute Gasteiger partial charge is 0.227 e. The van der Waals surface area contributed by atoms with Crippen molar-refractivity contribution < 1.29 is 9.90 Å². The lowest BCUT2D eigenvalue weighted by Crippen LogP contribution is -2.27. The summed E-state index contributed by atoms with van der Waals surface area (Å²) >= 11 is 6.01. The molecule has 3 atom stereocenters. The Hall–Kier alpha value is -1.50. The lowest BCUT2D eigenvalue weighted by Gasteiger charge is -2.21. The van der Waals surface area contributed by atoms with Gasteiger partial charge in [-0.3, -0.25) is 4.79 Å². The van der Waals surface area contributed by atoms with Crippen LogP contribution in [0.5, 0.6) is 0 Å². The summed E-state index contributed by atoms with van der Waals surface area (Å²) in [6.07, 6.45) is 4.66. The fourth-order valence-electron chi connectivity index (χ4n) is 3.65. The average Bonchev–Trinajstić information content (AvgIpc) is 3.09. The molecule has 3 nitrogen and oxygen atoms in total. The number of carbonyl (C=O) groups excluding carboxylic acids is 1. The zero-order valence-electron chi connectivity index (χ0n) is 11.7. The molecule has 2 aliphatic carbocycles. The van der Waals surface area contributed by atoms with Gasteiger partial charge < -0.3 is 10.4 Å². The zero-order chi connectivity index (χ0) is 14.8. The molecular formula is C17H18ClNO2. The van der Waals surface area contributed by atoms with Gasteiger partial charge in [0.15, 0.2) is 0 Å². The van der Waals surface area contributed by atoms with Crippen LogP contribution in [0.4, 0.5) is 5.69 Å². The number of halogens is 1. The van der Waals surface area contributed by atoms with Crippen molar-refractivity contribution in [3.63, 3.8) is 0 Å². The summed E-state index contributed by atoms with van der Waals surface area (Å²) in [5, 5.41) is 12.4. The van der Waals surface area contributed by atoms with Crippen LogP contribution in [-0.4, -0.2) is 17.6 Å². The topological polar surface area (TPSA) is 49.3 Å². The van der Waals surface area contributed by atoms with Crippen LogP contribution in [0.25, 0.3) is 0 Å². The molecule has 3 rings (SSSR count).